The number of hydrogen-bond acceptors (Lipinski definition) is 8. The molecule has 2 N–H and O–H groups in total. The zero-order valence-electron chi connectivity index (χ0n) is 22.6. The van der Waals surface area contributed by atoms with E-state index in [0.29, 0.717) is 41.7 Å². The molecule has 1 saturated heterocycles. The van der Waals surface area contributed by atoms with Crippen LogP contribution in [0, 0.1) is 0 Å². The third-order valence-electron chi connectivity index (χ3n) is 6.72. The number of nitrogens with zero attached hydrogens (tertiary/aromatic N) is 6. The van der Waals surface area contributed by atoms with Gasteiger partial charge in [-0.2, -0.15) is 41.3 Å². The van der Waals surface area contributed by atoms with Crippen molar-refractivity contribution in [2.24, 2.45) is 0 Å². The molecule has 0 spiro atoms. The van der Waals surface area contributed by atoms with Crippen LogP contribution in [0.4, 0.5) is 55.7 Å². The summed E-state index contributed by atoms with van der Waals surface area (Å²) in [5, 5.41) is 6.37. The number of piperazine rings is 1. The first-order valence-corrected chi connectivity index (χ1v) is 13.5. The van der Waals surface area contributed by atoms with Gasteiger partial charge in [0.1, 0.15) is 5.82 Å². The van der Waals surface area contributed by atoms with Gasteiger partial charge in [0.05, 0.1) is 16.1 Å². The van der Waals surface area contributed by atoms with Crippen molar-refractivity contribution in [1.29, 1.82) is 0 Å². The molecular weight excluding hydrogens is 598 g/mol. The minimum absolute atomic E-state index is 0.0192. The second kappa shape index (κ2) is 12.1. The van der Waals surface area contributed by atoms with Crippen LogP contribution in [-0.2, 0) is 18.9 Å². The Balaban J connectivity index is 1.40. The van der Waals surface area contributed by atoms with Crippen molar-refractivity contribution in [1.82, 2.24) is 19.9 Å². The predicted molar refractivity (Wildman–Crippen MR) is 152 cm³/mol. The first kappa shape index (κ1) is 30.1. The molecule has 0 aliphatic carbocycles. The number of halogens is 7. The summed E-state index contributed by atoms with van der Waals surface area (Å²) in [5.41, 5.74) is -0.940. The lowest BCUT2D eigenvalue weighted by atomic mass is 10.1. The molecule has 3 heterocycles. The molecule has 1 aliphatic heterocycles. The van der Waals surface area contributed by atoms with Gasteiger partial charge in [-0.3, -0.25) is 0 Å². The molecule has 226 valence electrons. The fourth-order valence-electron chi connectivity index (χ4n) is 4.60. The Labute approximate surface area is 247 Å². The highest BCUT2D eigenvalue weighted by Crippen LogP contribution is 2.32. The summed E-state index contributed by atoms with van der Waals surface area (Å²) in [6, 6.07) is 12.6. The smallest absolute Gasteiger partial charge is 0.352 e. The molecule has 0 amide bonds. The average molecular weight is 623 g/mol. The molecule has 43 heavy (non-hydrogen) atoms. The first-order valence-electron chi connectivity index (χ1n) is 13.1. The lowest BCUT2D eigenvalue weighted by Gasteiger charge is -2.40. The lowest BCUT2D eigenvalue weighted by molar-refractivity contribution is -0.138. The summed E-state index contributed by atoms with van der Waals surface area (Å²) in [5.74, 6) is 1.03. The van der Waals surface area contributed by atoms with Crippen molar-refractivity contribution in [3.05, 3.63) is 88.6 Å². The van der Waals surface area contributed by atoms with E-state index in [1.54, 1.807) is 18.3 Å². The van der Waals surface area contributed by atoms with Crippen molar-refractivity contribution in [2.75, 3.05) is 40.1 Å². The normalized spacial score (nSPS) is 15.9. The van der Waals surface area contributed by atoms with Gasteiger partial charge in [-0.15, -0.1) is 0 Å². The zero-order valence-corrected chi connectivity index (χ0v) is 23.3. The second-order valence-corrected chi connectivity index (χ2v) is 10.2. The Bertz CT molecular complexity index is 1560. The monoisotopic (exact) mass is 622 g/mol. The number of aromatic nitrogens is 4. The van der Waals surface area contributed by atoms with Gasteiger partial charge < -0.3 is 20.4 Å². The van der Waals surface area contributed by atoms with E-state index in [9.17, 15) is 26.3 Å². The van der Waals surface area contributed by atoms with Gasteiger partial charge in [-0.1, -0.05) is 23.7 Å². The molecule has 15 heteroatoms. The Morgan fingerprint density at radius 3 is 2.26 bits per heavy atom. The van der Waals surface area contributed by atoms with E-state index < -0.39 is 23.5 Å². The average Bonchev–Trinajstić information content (AvgIpc) is 2.96. The third kappa shape index (κ3) is 7.37. The van der Waals surface area contributed by atoms with Crippen LogP contribution in [0.2, 0.25) is 5.02 Å². The van der Waals surface area contributed by atoms with Crippen LogP contribution in [-0.4, -0.2) is 45.6 Å². The van der Waals surface area contributed by atoms with E-state index in [-0.39, 0.29) is 30.4 Å². The number of alkyl halides is 6. The largest absolute Gasteiger partial charge is 0.416 e. The molecule has 1 fully saturated rings. The van der Waals surface area contributed by atoms with E-state index in [2.05, 4.69) is 30.6 Å². The van der Waals surface area contributed by atoms with Crippen LogP contribution in [0.5, 0.6) is 0 Å². The van der Waals surface area contributed by atoms with E-state index >= 15 is 0 Å². The van der Waals surface area contributed by atoms with Crippen LogP contribution in [0.25, 0.3) is 0 Å². The summed E-state index contributed by atoms with van der Waals surface area (Å²) in [4.78, 5) is 21.7. The van der Waals surface area contributed by atoms with Gasteiger partial charge in [0.25, 0.3) is 0 Å². The quantitative estimate of drug-likeness (QED) is 0.213. The summed E-state index contributed by atoms with van der Waals surface area (Å²) < 4.78 is 78.6. The van der Waals surface area contributed by atoms with Crippen molar-refractivity contribution in [3.63, 3.8) is 0 Å². The molecule has 8 nitrogen and oxygen atoms in total. The molecule has 0 unspecified atom stereocenters. The fourth-order valence-corrected chi connectivity index (χ4v) is 4.84. The van der Waals surface area contributed by atoms with Gasteiger partial charge in [0.15, 0.2) is 0 Å². The highest BCUT2D eigenvalue weighted by atomic mass is 35.5. The Morgan fingerprint density at radius 2 is 1.58 bits per heavy atom. The molecule has 4 aromatic rings. The highest BCUT2D eigenvalue weighted by molar-refractivity contribution is 6.32. The fraction of sp³-hybridized carbons (Fsp3) is 0.286. The Kier molecular flexibility index (Phi) is 8.49. The molecule has 0 saturated carbocycles. The van der Waals surface area contributed by atoms with Crippen LogP contribution in [0.15, 0.2) is 66.9 Å². The predicted octanol–water partition coefficient (Wildman–Crippen LogP) is 7.03. The molecule has 2 aromatic heterocycles. The Hall–Kier alpha value is -4.33. The summed E-state index contributed by atoms with van der Waals surface area (Å²) in [7, 11) is 0. The molecule has 5 rings (SSSR count). The van der Waals surface area contributed by atoms with E-state index in [1.807, 2.05) is 16.7 Å². The van der Waals surface area contributed by atoms with Crippen LogP contribution in [0.1, 0.15) is 23.6 Å². The standard InChI is InChI=1S/C28H25ClF6N8/c1-17-16-42(23-22(29)6-3-11-36-23)12-13-43(17)26-40-24(37-15-18-4-2-5-20(14-18)28(33,34)35)39-25(41-26)38-21-9-7-19(8-10-21)27(30,31)32/h2-11,14,17H,12-13,15-16H2,1H3,(H2,37,38,39,40,41)/t17-/m1/s1. The van der Waals surface area contributed by atoms with Gasteiger partial charge in [-0.05, 0) is 61.0 Å². The molecule has 1 atom stereocenters. The Morgan fingerprint density at radius 1 is 0.860 bits per heavy atom. The number of benzene rings is 2. The van der Waals surface area contributed by atoms with Crippen molar-refractivity contribution < 1.29 is 26.3 Å². The second-order valence-electron chi connectivity index (χ2n) is 9.83. The lowest BCUT2D eigenvalue weighted by Crippen LogP contribution is -2.53. The SMILES string of the molecule is C[C@@H]1CN(c2ncccc2Cl)CCN1c1nc(NCc2cccc(C(F)(F)F)c2)nc(Nc2ccc(C(F)(F)F)cc2)n1. The molecule has 2 aromatic carbocycles. The maximum absolute atomic E-state index is 13.2. The number of rotatable bonds is 7. The van der Waals surface area contributed by atoms with Gasteiger partial charge in [0.2, 0.25) is 17.8 Å². The topological polar surface area (TPSA) is 82.1 Å². The van der Waals surface area contributed by atoms with Gasteiger partial charge in [-0.25, -0.2) is 4.98 Å². The highest BCUT2D eigenvalue weighted by Gasteiger charge is 2.31. The van der Waals surface area contributed by atoms with E-state index in [1.165, 1.54) is 24.3 Å². The molecule has 1 aliphatic rings. The number of hydrogen-bond donors (Lipinski definition) is 2. The molecule has 0 bridgehead atoms. The third-order valence-corrected chi connectivity index (χ3v) is 7.01. The van der Waals surface area contributed by atoms with Gasteiger partial charge >= 0.3 is 12.4 Å². The minimum Gasteiger partial charge on any atom is -0.352 e. The molecule has 0 radical (unpaired) electrons. The summed E-state index contributed by atoms with van der Waals surface area (Å²) in [6.45, 7) is 3.50. The number of pyridine rings is 1. The number of nitrogens with one attached hydrogen (secondary N) is 2. The summed E-state index contributed by atoms with van der Waals surface area (Å²) >= 11 is 6.34. The van der Waals surface area contributed by atoms with Gasteiger partial charge in [0, 0.05) is 44.1 Å². The number of anilines is 5. The molecular formula is C28H25ClF6N8. The summed E-state index contributed by atoms with van der Waals surface area (Å²) in [6.07, 6.45) is -7.32. The van der Waals surface area contributed by atoms with Crippen LogP contribution < -0.4 is 20.4 Å². The van der Waals surface area contributed by atoms with Crippen molar-refractivity contribution in [3.8, 4) is 0 Å². The van der Waals surface area contributed by atoms with Crippen molar-refractivity contribution in [2.45, 2.75) is 31.9 Å². The van der Waals surface area contributed by atoms with Crippen molar-refractivity contribution >= 4 is 41.0 Å². The van der Waals surface area contributed by atoms with E-state index in [0.717, 1.165) is 24.3 Å². The zero-order chi connectivity index (χ0) is 30.8. The minimum atomic E-state index is -4.49. The maximum Gasteiger partial charge on any atom is 0.416 e. The van der Waals surface area contributed by atoms with Crippen LogP contribution in [0.3, 0.4) is 0 Å². The maximum atomic E-state index is 13.2. The van der Waals surface area contributed by atoms with Crippen LogP contribution >= 0.6 is 11.6 Å². The van der Waals surface area contributed by atoms with E-state index in [4.69, 9.17) is 11.6 Å². The first-order chi connectivity index (χ1) is 20.4.